The standard InChI is InChI=1S/C18H20N4O2S/c1-13(2)25(23)22-15-5-3-4-14(10-15)12-24-16-6-7-17(19-11-16)18-8-9-20-21-18/h3-11,13,22H,12H2,1-2H3,(H,20,21). The summed E-state index contributed by atoms with van der Waals surface area (Å²) in [4.78, 5) is 4.36. The number of hydrogen-bond donors (Lipinski definition) is 2. The van der Waals surface area contributed by atoms with Crippen LogP contribution in [0.4, 0.5) is 5.69 Å². The van der Waals surface area contributed by atoms with Crippen LogP contribution >= 0.6 is 0 Å². The number of aromatic nitrogens is 3. The molecule has 0 fully saturated rings. The van der Waals surface area contributed by atoms with Crippen molar-refractivity contribution in [2.75, 3.05) is 4.72 Å². The maximum Gasteiger partial charge on any atom is 0.138 e. The van der Waals surface area contributed by atoms with Crippen LogP contribution in [0.15, 0.2) is 54.9 Å². The number of pyridine rings is 1. The second-order valence-electron chi connectivity index (χ2n) is 5.79. The molecular formula is C18H20N4O2S. The molecule has 130 valence electrons. The van der Waals surface area contributed by atoms with Crippen molar-refractivity contribution in [2.45, 2.75) is 25.7 Å². The van der Waals surface area contributed by atoms with Crippen LogP contribution < -0.4 is 9.46 Å². The molecule has 2 N–H and O–H groups in total. The van der Waals surface area contributed by atoms with E-state index in [9.17, 15) is 4.21 Å². The van der Waals surface area contributed by atoms with Crippen LogP contribution in [-0.4, -0.2) is 24.6 Å². The van der Waals surface area contributed by atoms with Crippen LogP contribution in [0.1, 0.15) is 19.4 Å². The Morgan fingerprint density at radius 3 is 2.80 bits per heavy atom. The average molecular weight is 356 g/mol. The number of ether oxygens (including phenoxy) is 1. The Kier molecular flexibility index (Phi) is 5.45. The van der Waals surface area contributed by atoms with E-state index in [1.165, 1.54) is 0 Å². The van der Waals surface area contributed by atoms with Crippen molar-refractivity contribution >= 4 is 16.7 Å². The van der Waals surface area contributed by atoms with E-state index < -0.39 is 11.0 Å². The van der Waals surface area contributed by atoms with Gasteiger partial charge in [-0.25, -0.2) is 4.21 Å². The lowest BCUT2D eigenvalue weighted by molar-refractivity contribution is 0.305. The minimum atomic E-state index is -1.10. The van der Waals surface area contributed by atoms with E-state index in [0.29, 0.717) is 12.4 Å². The van der Waals surface area contributed by atoms with Gasteiger partial charge in [-0.1, -0.05) is 12.1 Å². The third-order valence-corrected chi connectivity index (χ3v) is 4.79. The first kappa shape index (κ1) is 17.2. The fraction of sp³-hybridized carbons (Fsp3) is 0.222. The van der Waals surface area contributed by atoms with Gasteiger partial charge in [0.2, 0.25) is 0 Å². The van der Waals surface area contributed by atoms with Crippen LogP contribution in [0.25, 0.3) is 11.4 Å². The van der Waals surface area contributed by atoms with E-state index in [1.54, 1.807) is 12.4 Å². The van der Waals surface area contributed by atoms with Crippen molar-refractivity contribution in [3.8, 4) is 17.1 Å². The molecule has 1 unspecified atom stereocenters. The summed E-state index contributed by atoms with van der Waals surface area (Å²) in [5.74, 6) is 0.687. The number of aromatic amines is 1. The Labute approximate surface area is 149 Å². The van der Waals surface area contributed by atoms with E-state index in [1.807, 2.05) is 56.3 Å². The van der Waals surface area contributed by atoms with E-state index in [-0.39, 0.29) is 5.25 Å². The van der Waals surface area contributed by atoms with Gasteiger partial charge in [0.15, 0.2) is 0 Å². The number of benzene rings is 1. The number of nitrogens with one attached hydrogen (secondary N) is 2. The van der Waals surface area contributed by atoms with Gasteiger partial charge < -0.3 is 9.46 Å². The molecule has 1 aromatic carbocycles. The first-order valence-corrected chi connectivity index (χ1v) is 9.18. The van der Waals surface area contributed by atoms with Crippen molar-refractivity contribution in [1.29, 1.82) is 0 Å². The highest BCUT2D eigenvalue weighted by atomic mass is 32.2. The predicted octanol–water partition coefficient (Wildman–Crippen LogP) is 3.53. The average Bonchev–Trinajstić information content (AvgIpc) is 3.15. The van der Waals surface area contributed by atoms with Gasteiger partial charge in [0.25, 0.3) is 0 Å². The molecule has 2 heterocycles. The highest BCUT2D eigenvalue weighted by Gasteiger charge is 2.06. The zero-order chi connectivity index (χ0) is 17.6. The van der Waals surface area contributed by atoms with E-state index >= 15 is 0 Å². The summed E-state index contributed by atoms with van der Waals surface area (Å²) >= 11 is 0. The van der Waals surface area contributed by atoms with Crippen molar-refractivity contribution in [3.05, 3.63) is 60.4 Å². The van der Waals surface area contributed by atoms with E-state index in [4.69, 9.17) is 4.74 Å². The molecule has 0 saturated carbocycles. The van der Waals surface area contributed by atoms with Gasteiger partial charge in [0.1, 0.15) is 23.3 Å². The molecule has 2 aromatic heterocycles. The SMILES string of the molecule is CC(C)S(=O)Nc1cccc(COc2ccc(-c3ccn[nH]3)nc2)c1. The summed E-state index contributed by atoms with van der Waals surface area (Å²) in [7, 11) is -1.10. The Bertz CT molecular complexity index is 833. The second kappa shape index (κ2) is 7.94. The van der Waals surface area contributed by atoms with Crippen LogP contribution in [0, 0.1) is 0 Å². The molecule has 0 spiro atoms. The molecule has 0 radical (unpaired) electrons. The van der Waals surface area contributed by atoms with Crippen LogP contribution in [-0.2, 0) is 17.6 Å². The molecule has 0 bridgehead atoms. The minimum Gasteiger partial charge on any atom is -0.487 e. The molecule has 0 aliphatic carbocycles. The number of H-pyrrole nitrogens is 1. The van der Waals surface area contributed by atoms with Crippen LogP contribution in [0.5, 0.6) is 5.75 Å². The first-order valence-electron chi connectivity index (χ1n) is 7.96. The predicted molar refractivity (Wildman–Crippen MR) is 99.5 cm³/mol. The molecular weight excluding hydrogens is 336 g/mol. The van der Waals surface area contributed by atoms with Crippen molar-refractivity contribution in [1.82, 2.24) is 15.2 Å². The van der Waals surface area contributed by atoms with Gasteiger partial charge in [-0.05, 0) is 49.7 Å². The fourth-order valence-corrected chi connectivity index (χ4v) is 2.74. The summed E-state index contributed by atoms with van der Waals surface area (Å²) in [6, 6.07) is 13.3. The van der Waals surface area contributed by atoms with Crippen LogP contribution in [0.3, 0.4) is 0 Å². The lowest BCUT2D eigenvalue weighted by Crippen LogP contribution is -2.14. The Balaban J connectivity index is 1.61. The number of anilines is 1. The summed E-state index contributed by atoms with van der Waals surface area (Å²) in [5, 5.41) is 6.84. The third-order valence-electron chi connectivity index (χ3n) is 3.49. The smallest absolute Gasteiger partial charge is 0.138 e. The molecule has 6 nitrogen and oxygen atoms in total. The largest absolute Gasteiger partial charge is 0.487 e. The monoisotopic (exact) mass is 356 g/mol. The lowest BCUT2D eigenvalue weighted by Gasteiger charge is -2.11. The van der Waals surface area contributed by atoms with Crippen LogP contribution in [0.2, 0.25) is 0 Å². The number of rotatable bonds is 7. The van der Waals surface area contributed by atoms with E-state index in [2.05, 4.69) is 19.9 Å². The summed E-state index contributed by atoms with van der Waals surface area (Å²) < 4.78 is 20.7. The Hall–Kier alpha value is -2.67. The van der Waals surface area contributed by atoms with Crippen molar-refractivity contribution in [2.24, 2.45) is 0 Å². The van der Waals surface area contributed by atoms with Gasteiger partial charge in [0.05, 0.1) is 17.6 Å². The molecule has 0 amide bonds. The Morgan fingerprint density at radius 2 is 2.12 bits per heavy atom. The molecule has 7 heteroatoms. The molecule has 3 rings (SSSR count). The normalized spacial score (nSPS) is 12.1. The molecule has 0 saturated heterocycles. The third kappa shape index (κ3) is 4.67. The molecule has 25 heavy (non-hydrogen) atoms. The van der Waals surface area contributed by atoms with Gasteiger partial charge in [-0.15, -0.1) is 0 Å². The quantitative estimate of drug-likeness (QED) is 0.679. The summed E-state index contributed by atoms with van der Waals surface area (Å²) in [5.41, 5.74) is 3.49. The summed E-state index contributed by atoms with van der Waals surface area (Å²) in [6.07, 6.45) is 3.38. The van der Waals surface area contributed by atoms with Crippen molar-refractivity contribution < 1.29 is 8.95 Å². The van der Waals surface area contributed by atoms with Gasteiger partial charge in [-0.3, -0.25) is 10.1 Å². The lowest BCUT2D eigenvalue weighted by atomic mass is 10.2. The minimum absolute atomic E-state index is 0.0550. The summed E-state index contributed by atoms with van der Waals surface area (Å²) in [6.45, 7) is 4.24. The number of nitrogens with zero attached hydrogens (tertiary/aromatic N) is 2. The number of hydrogen-bond acceptors (Lipinski definition) is 4. The van der Waals surface area contributed by atoms with Gasteiger partial charge in [0, 0.05) is 17.1 Å². The maximum atomic E-state index is 11.9. The zero-order valence-electron chi connectivity index (χ0n) is 14.1. The maximum absolute atomic E-state index is 11.9. The van der Waals surface area contributed by atoms with E-state index in [0.717, 1.165) is 22.6 Å². The molecule has 1 atom stereocenters. The molecule has 3 aromatic rings. The highest BCUT2D eigenvalue weighted by Crippen LogP contribution is 2.19. The van der Waals surface area contributed by atoms with Gasteiger partial charge in [-0.2, -0.15) is 5.10 Å². The fourth-order valence-electron chi connectivity index (χ4n) is 2.15. The Morgan fingerprint density at radius 1 is 1.24 bits per heavy atom. The molecule has 0 aliphatic rings. The first-order chi connectivity index (χ1) is 12.1. The van der Waals surface area contributed by atoms with Gasteiger partial charge >= 0.3 is 0 Å². The van der Waals surface area contributed by atoms with Crippen molar-refractivity contribution in [3.63, 3.8) is 0 Å². The topological polar surface area (TPSA) is 79.9 Å². The molecule has 0 aliphatic heterocycles. The highest BCUT2D eigenvalue weighted by molar-refractivity contribution is 7.86. The second-order valence-corrected chi connectivity index (χ2v) is 7.53. The zero-order valence-corrected chi connectivity index (χ0v) is 14.9.